The van der Waals surface area contributed by atoms with E-state index in [1.54, 1.807) is 42.5 Å². The Morgan fingerprint density at radius 3 is 1.72 bits per heavy atom. The molecule has 0 amide bonds. The summed E-state index contributed by atoms with van der Waals surface area (Å²) in [5, 5.41) is 25.8. The van der Waals surface area contributed by atoms with Crippen LogP contribution in [0.15, 0.2) is 69.6 Å². The summed E-state index contributed by atoms with van der Waals surface area (Å²) in [4.78, 5) is 0. The fourth-order valence-electron chi connectivity index (χ4n) is 9.69. The first kappa shape index (κ1) is 47.3. The molecule has 0 aromatic heterocycles. The van der Waals surface area contributed by atoms with Gasteiger partial charge in [-0.25, -0.2) is 0 Å². The van der Waals surface area contributed by atoms with Gasteiger partial charge in [0, 0.05) is 40.0 Å². The first-order valence-corrected chi connectivity index (χ1v) is 26.5. The maximum atomic E-state index is 14.8. The summed E-state index contributed by atoms with van der Waals surface area (Å²) < 4.78 is 100. The number of alkyl halides is 3. The molecule has 0 bridgehead atoms. The Hall–Kier alpha value is -1.72. The molecule has 0 radical (unpaired) electrons. The lowest BCUT2D eigenvalue weighted by molar-refractivity contribution is -0.331. The van der Waals surface area contributed by atoms with Gasteiger partial charge in [0.05, 0.1) is 18.8 Å². The summed E-state index contributed by atoms with van der Waals surface area (Å²) in [6.45, 7) is 17.1. The zero-order valence-corrected chi connectivity index (χ0v) is 41.1. The van der Waals surface area contributed by atoms with Gasteiger partial charge >= 0.3 is 23.3 Å². The number of ether oxygens (including phenoxy) is 5. The predicted octanol–water partition coefficient (Wildman–Crippen LogP) is 10.6. The third kappa shape index (κ3) is 8.28. The van der Waals surface area contributed by atoms with Gasteiger partial charge in [0.1, 0.15) is 48.1 Å². The largest absolute Gasteiger partial charge is 0.457 e. The molecule has 6 atom stereocenters. The van der Waals surface area contributed by atoms with Crippen molar-refractivity contribution in [2.24, 2.45) is 0 Å². The van der Waals surface area contributed by atoms with Gasteiger partial charge in [0.2, 0.25) is 0 Å². The van der Waals surface area contributed by atoms with Crippen molar-refractivity contribution in [1.82, 2.24) is 0 Å². The van der Waals surface area contributed by atoms with Crippen LogP contribution in [0.5, 0.6) is 11.5 Å². The van der Waals surface area contributed by atoms with Crippen LogP contribution in [0.25, 0.3) is 0 Å². The Morgan fingerprint density at radius 1 is 0.705 bits per heavy atom. The van der Waals surface area contributed by atoms with Crippen LogP contribution < -0.4 is 4.74 Å². The molecule has 2 N–H and O–H groups in total. The van der Waals surface area contributed by atoms with Gasteiger partial charge in [-0.2, -0.15) is 13.2 Å². The molecular formula is C44H57Br2F3O10Si2. The zero-order chi connectivity index (χ0) is 44.4. The fourth-order valence-corrected chi connectivity index (χ4v) is 21.7. The summed E-state index contributed by atoms with van der Waals surface area (Å²) in [5.74, 6) is -0.604. The number of methoxy groups -OCH3 is 1. The Morgan fingerprint density at radius 2 is 1.23 bits per heavy atom. The Bertz CT molecular complexity index is 1980. The maximum Gasteiger partial charge on any atom is 0.416 e. The number of hydrogen-bond donors (Lipinski definition) is 2. The number of aliphatic hydroxyl groups excluding tert-OH is 2. The van der Waals surface area contributed by atoms with E-state index in [1.165, 1.54) is 13.2 Å². The standard InChI is InChI=1S/C44H57Br2F3O10Si2/c1-24(2)60(25(3)4)57-40-37(51)38(55-42(52-9)17-19-53-20-18-42)36(50)39(41(40)58-61(59-60,26(5)6)27(7)8)56-43(28-11-10-12-29(21-28)44(47,48)49)32-22-30(45)13-15-34(32)54-35-16-14-31(46)23-33(35)43/h10-16,21-27,36-41,50-51H,17-20H2,1-9H3/t36-,37+,38+,39+,40-,41-/m1/s1. The van der Waals surface area contributed by atoms with Crippen molar-refractivity contribution in [1.29, 1.82) is 0 Å². The van der Waals surface area contributed by atoms with E-state index < -0.39 is 76.9 Å². The second kappa shape index (κ2) is 17.6. The van der Waals surface area contributed by atoms with Crippen LogP contribution in [0, 0.1) is 0 Å². The number of hydrogen-bond acceptors (Lipinski definition) is 10. The molecular weight excluding hydrogens is 961 g/mol. The Labute approximate surface area is 375 Å². The van der Waals surface area contributed by atoms with E-state index in [-0.39, 0.29) is 27.7 Å². The lowest BCUT2D eigenvalue weighted by Gasteiger charge is -2.53. The van der Waals surface area contributed by atoms with Crippen LogP contribution in [-0.2, 0) is 43.7 Å². The second-order valence-electron chi connectivity index (χ2n) is 17.8. The van der Waals surface area contributed by atoms with Crippen LogP contribution >= 0.6 is 31.9 Å². The number of halogens is 5. The van der Waals surface area contributed by atoms with Crippen molar-refractivity contribution in [2.45, 2.75) is 145 Å². The molecule has 3 fully saturated rings. The van der Waals surface area contributed by atoms with E-state index >= 15 is 0 Å². The van der Waals surface area contributed by atoms with Crippen molar-refractivity contribution >= 4 is 49.0 Å². The van der Waals surface area contributed by atoms with Crippen LogP contribution in [-0.4, -0.2) is 90.1 Å². The van der Waals surface area contributed by atoms with Crippen LogP contribution in [0.3, 0.4) is 0 Å². The summed E-state index contributed by atoms with van der Waals surface area (Å²) in [7, 11) is -5.31. The molecule has 17 heteroatoms. The van der Waals surface area contributed by atoms with E-state index in [2.05, 4.69) is 87.2 Å². The highest BCUT2D eigenvalue weighted by atomic mass is 79.9. The molecule has 7 rings (SSSR count). The molecule has 4 aliphatic rings. The molecule has 0 spiro atoms. The predicted molar refractivity (Wildman–Crippen MR) is 234 cm³/mol. The molecule has 3 aromatic rings. The van der Waals surface area contributed by atoms with Crippen LogP contribution in [0.2, 0.25) is 22.2 Å². The molecule has 336 valence electrons. The third-order valence-electron chi connectivity index (χ3n) is 12.9. The van der Waals surface area contributed by atoms with Crippen molar-refractivity contribution in [3.63, 3.8) is 0 Å². The Kier molecular flexibility index (Phi) is 13.6. The van der Waals surface area contributed by atoms with Crippen molar-refractivity contribution in [3.05, 3.63) is 91.9 Å². The average molecular weight is 1020 g/mol. The number of rotatable bonds is 10. The molecule has 10 nitrogen and oxygen atoms in total. The van der Waals surface area contributed by atoms with Gasteiger partial charge < -0.3 is 46.9 Å². The van der Waals surface area contributed by atoms with E-state index in [1.807, 2.05) is 0 Å². The Balaban J connectivity index is 1.54. The fraction of sp³-hybridized carbons (Fsp3) is 0.591. The monoisotopic (exact) mass is 1020 g/mol. The molecule has 1 aliphatic carbocycles. The average Bonchev–Trinajstić information content (AvgIpc) is 3.39. The van der Waals surface area contributed by atoms with Crippen LogP contribution in [0.1, 0.15) is 90.5 Å². The summed E-state index contributed by atoms with van der Waals surface area (Å²) in [6.07, 6.45) is -12.5. The van der Waals surface area contributed by atoms with E-state index in [4.69, 9.17) is 36.7 Å². The van der Waals surface area contributed by atoms with Gasteiger partial charge in [-0.3, -0.25) is 0 Å². The minimum atomic E-state index is -4.71. The summed E-state index contributed by atoms with van der Waals surface area (Å²) in [6, 6.07) is 15.5. The maximum absolute atomic E-state index is 14.8. The summed E-state index contributed by atoms with van der Waals surface area (Å²) in [5.41, 5.74) is -2.46. The smallest absolute Gasteiger partial charge is 0.416 e. The highest BCUT2D eigenvalue weighted by molar-refractivity contribution is 9.10. The van der Waals surface area contributed by atoms with Gasteiger partial charge in [0.15, 0.2) is 11.4 Å². The van der Waals surface area contributed by atoms with Gasteiger partial charge in [0.25, 0.3) is 0 Å². The highest BCUT2D eigenvalue weighted by Gasteiger charge is 2.67. The van der Waals surface area contributed by atoms with Gasteiger partial charge in [-0.15, -0.1) is 0 Å². The first-order valence-electron chi connectivity index (χ1n) is 21.0. The lowest BCUT2D eigenvalue weighted by Crippen LogP contribution is -2.70. The lowest BCUT2D eigenvalue weighted by atomic mass is 9.76. The normalized spacial score (nSPS) is 27.9. The van der Waals surface area contributed by atoms with E-state index in [9.17, 15) is 23.4 Å². The quantitative estimate of drug-likeness (QED) is 0.150. The molecule has 2 saturated heterocycles. The minimum Gasteiger partial charge on any atom is -0.457 e. The van der Waals surface area contributed by atoms with Crippen molar-refractivity contribution < 1.29 is 60.0 Å². The second-order valence-corrected chi connectivity index (χ2v) is 28.5. The van der Waals surface area contributed by atoms with Crippen molar-refractivity contribution in [2.75, 3.05) is 20.3 Å². The van der Waals surface area contributed by atoms with E-state index in [0.29, 0.717) is 57.6 Å². The molecule has 61 heavy (non-hydrogen) atoms. The highest BCUT2D eigenvalue weighted by Crippen LogP contribution is 2.57. The molecule has 3 aromatic carbocycles. The number of fused-ring (bicyclic) bond motifs is 3. The minimum absolute atomic E-state index is 0.113. The molecule has 1 saturated carbocycles. The first-order chi connectivity index (χ1) is 28.6. The summed E-state index contributed by atoms with van der Waals surface area (Å²) >= 11 is 7.23. The van der Waals surface area contributed by atoms with Gasteiger partial charge in [-0.1, -0.05) is 99.4 Å². The molecule has 3 heterocycles. The van der Waals surface area contributed by atoms with Crippen molar-refractivity contribution in [3.8, 4) is 11.5 Å². The van der Waals surface area contributed by atoms with Gasteiger partial charge in [-0.05, 0) is 76.3 Å². The topological polar surface area (TPSA) is 114 Å². The van der Waals surface area contributed by atoms with Crippen LogP contribution in [0.4, 0.5) is 13.2 Å². The third-order valence-corrected chi connectivity index (χ3v) is 24.2. The zero-order valence-electron chi connectivity index (χ0n) is 35.9. The molecule has 0 unspecified atom stereocenters. The van der Waals surface area contributed by atoms with E-state index in [0.717, 1.165) is 12.1 Å². The number of benzene rings is 3. The number of aliphatic hydroxyl groups is 2. The molecule has 3 aliphatic heterocycles. The SMILES string of the molecule is COC1(O[C@H]2[C@@H](O)[C@H](OC3(c4cccc(C(F)(F)F)c4)c4cc(Br)ccc4Oc4ccc(Br)cc43)[C@H]3O[Si](C(C)C)(C(C)C)O[Si](C(C)C)(C(C)C)O[C@@H]3[C@H]2O)CCOCC1.